The molecule has 0 radical (unpaired) electrons. The summed E-state index contributed by atoms with van der Waals surface area (Å²) in [5, 5.41) is 11.5. The SMILES string of the molecule is Cc1ccc(CNc2[nH]nc3c2Cc2cc(F)ccc2-3)cc1Cl. The summed E-state index contributed by atoms with van der Waals surface area (Å²) in [4.78, 5) is 0. The molecule has 0 bridgehead atoms. The van der Waals surface area contributed by atoms with Gasteiger partial charge in [-0.3, -0.25) is 5.10 Å². The number of H-pyrrole nitrogens is 1. The number of benzene rings is 2. The summed E-state index contributed by atoms with van der Waals surface area (Å²) in [5.74, 6) is 0.676. The van der Waals surface area contributed by atoms with E-state index in [1.54, 1.807) is 12.1 Å². The van der Waals surface area contributed by atoms with E-state index in [0.717, 1.165) is 44.4 Å². The fraction of sp³-hybridized carbons (Fsp3) is 0.167. The molecule has 0 saturated carbocycles. The number of rotatable bonds is 3. The quantitative estimate of drug-likeness (QED) is 0.573. The van der Waals surface area contributed by atoms with Gasteiger partial charge >= 0.3 is 0 Å². The number of nitrogens with zero attached hydrogens (tertiary/aromatic N) is 1. The van der Waals surface area contributed by atoms with Crippen molar-refractivity contribution in [2.75, 3.05) is 5.32 Å². The first-order valence-electron chi connectivity index (χ1n) is 7.47. The Balaban J connectivity index is 1.56. The molecule has 4 rings (SSSR count). The van der Waals surface area contributed by atoms with Gasteiger partial charge in [0.05, 0.1) is 5.69 Å². The van der Waals surface area contributed by atoms with Gasteiger partial charge in [0, 0.05) is 29.1 Å². The van der Waals surface area contributed by atoms with Crippen LogP contribution in [-0.2, 0) is 13.0 Å². The first-order chi connectivity index (χ1) is 11.1. The minimum absolute atomic E-state index is 0.207. The molecule has 0 amide bonds. The standard InChI is InChI=1S/C18H15ClFN3/c1-10-2-3-11(6-16(10)19)9-21-18-15-8-12-7-13(20)4-5-14(12)17(15)22-23-18/h2-7H,8-9H2,1H3,(H2,21,22,23). The Labute approximate surface area is 138 Å². The third kappa shape index (κ3) is 2.49. The summed E-state index contributed by atoms with van der Waals surface area (Å²) in [5.41, 5.74) is 6.15. The van der Waals surface area contributed by atoms with E-state index in [1.165, 1.54) is 6.07 Å². The second-order valence-electron chi connectivity index (χ2n) is 5.84. The highest BCUT2D eigenvalue weighted by Gasteiger charge is 2.24. The fourth-order valence-electron chi connectivity index (χ4n) is 2.97. The second kappa shape index (κ2) is 5.39. The highest BCUT2D eigenvalue weighted by molar-refractivity contribution is 6.31. The van der Waals surface area contributed by atoms with E-state index in [2.05, 4.69) is 21.6 Å². The van der Waals surface area contributed by atoms with Gasteiger partial charge in [0.1, 0.15) is 11.6 Å². The minimum atomic E-state index is -0.207. The zero-order valence-corrected chi connectivity index (χ0v) is 13.3. The Bertz CT molecular complexity index is 901. The molecule has 0 unspecified atom stereocenters. The molecule has 0 saturated heterocycles. The molecule has 116 valence electrons. The van der Waals surface area contributed by atoms with Crippen molar-refractivity contribution in [3.63, 3.8) is 0 Å². The molecule has 1 heterocycles. The van der Waals surface area contributed by atoms with Crippen molar-refractivity contribution in [3.05, 3.63) is 69.5 Å². The Morgan fingerprint density at radius 1 is 1.26 bits per heavy atom. The summed E-state index contributed by atoms with van der Waals surface area (Å²) in [7, 11) is 0. The van der Waals surface area contributed by atoms with Crippen molar-refractivity contribution in [1.29, 1.82) is 0 Å². The maximum atomic E-state index is 13.4. The van der Waals surface area contributed by atoms with Gasteiger partial charge in [0.2, 0.25) is 0 Å². The number of aromatic nitrogens is 2. The third-order valence-corrected chi connectivity index (χ3v) is 4.67. The number of hydrogen-bond donors (Lipinski definition) is 2. The van der Waals surface area contributed by atoms with Gasteiger partial charge in [0.15, 0.2) is 0 Å². The first-order valence-corrected chi connectivity index (χ1v) is 7.84. The molecule has 0 spiro atoms. The number of hydrogen-bond acceptors (Lipinski definition) is 2. The van der Waals surface area contributed by atoms with Crippen LogP contribution in [0.5, 0.6) is 0 Å². The third-order valence-electron chi connectivity index (χ3n) is 4.26. The van der Waals surface area contributed by atoms with Crippen LogP contribution < -0.4 is 5.32 Å². The number of anilines is 1. The number of aryl methyl sites for hydroxylation is 1. The Hall–Kier alpha value is -2.33. The van der Waals surface area contributed by atoms with Crippen LogP contribution in [0.2, 0.25) is 5.02 Å². The Morgan fingerprint density at radius 3 is 2.96 bits per heavy atom. The lowest BCUT2D eigenvalue weighted by Gasteiger charge is -2.07. The Morgan fingerprint density at radius 2 is 2.13 bits per heavy atom. The normalized spacial score (nSPS) is 12.1. The number of halogens is 2. The van der Waals surface area contributed by atoms with Crippen molar-refractivity contribution in [1.82, 2.24) is 10.2 Å². The molecule has 0 atom stereocenters. The molecule has 23 heavy (non-hydrogen) atoms. The first kappa shape index (κ1) is 14.3. The van der Waals surface area contributed by atoms with E-state index in [1.807, 2.05) is 19.1 Å². The van der Waals surface area contributed by atoms with E-state index in [-0.39, 0.29) is 5.82 Å². The summed E-state index contributed by atoms with van der Waals surface area (Å²) in [6.45, 7) is 2.64. The van der Waals surface area contributed by atoms with E-state index in [9.17, 15) is 4.39 Å². The lowest BCUT2D eigenvalue weighted by Crippen LogP contribution is -2.02. The highest BCUT2D eigenvalue weighted by atomic mass is 35.5. The topological polar surface area (TPSA) is 40.7 Å². The molecule has 1 aliphatic carbocycles. The van der Waals surface area contributed by atoms with Gasteiger partial charge in [-0.2, -0.15) is 5.10 Å². The minimum Gasteiger partial charge on any atom is -0.366 e. The number of nitrogens with one attached hydrogen (secondary N) is 2. The summed E-state index contributed by atoms with van der Waals surface area (Å²) in [6, 6.07) is 10.9. The molecular weight excluding hydrogens is 313 g/mol. The molecule has 3 aromatic rings. The van der Waals surface area contributed by atoms with Gasteiger partial charge in [-0.05, 0) is 47.9 Å². The molecule has 3 nitrogen and oxygen atoms in total. The molecular formula is C18H15ClFN3. The molecule has 0 aliphatic heterocycles. The van der Waals surface area contributed by atoms with Crippen LogP contribution in [0, 0.1) is 12.7 Å². The lowest BCUT2D eigenvalue weighted by molar-refractivity contribution is 0.626. The zero-order chi connectivity index (χ0) is 16.0. The van der Waals surface area contributed by atoms with Crippen LogP contribution in [-0.4, -0.2) is 10.2 Å². The summed E-state index contributed by atoms with van der Waals surface area (Å²) in [6.07, 6.45) is 0.690. The maximum Gasteiger partial charge on any atom is 0.125 e. The van der Waals surface area contributed by atoms with Gasteiger partial charge < -0.3 is 5.32 Å². The van der Waals surface area contributed by atoms with Crippen LogP contribution in [0.4, 0.5) is 10.2 Å². The average molecular weight is 328 g/mol. The van der Waals surface area contributed by atoms with E-state index >= 15 is 0 Å². The predicted molar refractivity (Wildman–Crippen MR) is 90.3 cm³/mol. The van der Waals surface area contributed by atoms with Crippen molar-refractivity contribution >= 4 is 17.4 Å². The van der Waals surface area contributed by atoms with Crippen LogP contribution in [0.3, 0.4) is 0 Å². The highest BCUT2D eigenvalue weighted by Crippen LogP contribution is 2.38. The van der Waals surface area contributed by atoms with E-state index in [4.69, 9.17) is 11.6 Å². The maximum absolute atomic E-state index is 13.4. The molecule has 2 N–H and O–H groups in total. The van der Waals surface area contributed by atoms with Crippen molar-refractivity contribution in [2.45, 2.75) is 19.9 Å². The van der Waals surface area contributed by atoms with Crippen LogP contribution >= 0.6 is 11.6 Å². The number of aromatic amines is 1. The van der Waals surface area contributed by atoms with Crippen LogP contribution in [0.25, 0.3) is 11.3 Å². The Kier molecular flexibility index (Phi) is 3.34. The zero-order valence-electron chi connectivity index (χ0n) is 12.6. The van der Waals surface area contributed by atoms with Gasteiger partial charge in [-0.15, -0.1) is 0 Å². The second-order valence-corrected chi connectivity index (χ2v) is 6.25. The summed E-state index contributed by atoms with van der Waals surface area (Å²) < 4.78 is 13.4. The van der Waals surface area contributed by atoms with Crippen LogP contribution in [0.1, 0.15) is 22.3 Å². The van der Waals surface area contributed by atoms with Crippen molar-refractivity contribution in [3.8, 4) is 11.3 Å². The van der Waals surface area contributed by atoms with Gasteiger partial charge in [-0.1, -0.05) is 23.7 Å². The summed E-state index contributed by atoms with van der Waals surface area (Å²) >= 11 is 6.16. The van der Waals surface area contributed by atoms with Crippen LogP contribution in [0.15, 0.2) is 36.4 Å². The molecule has 0 fully saturated rings. The monoisotopic (exact) mass is 327 g/mol. The molecule has 5 heteroatoms. The smallest absolute Gasteiger partial charge is 0.125 e. The van der Waals surface area contributed by atoms with Crippen molar-refractivity contribution < 1.29 is 4.39 Å². The van der Waals surface area contributed by atoms with E-state index < -0.39 is 0 Å². The van der Waals surface area contributed by atoms with Gasteiger partial charge in [-0.25, -0.2) is 4.39 Å². The molecule has 1 aliphatic rings. The lowest BCUT2D eigenvalue weighted by atomic mass is 10.1. The molecule has 1 aromatic heterocycles. The predicted octanol–water partition coefficient (Wildman–Crippen LogP) is 4.69. The van der Waals surface area contributed by atoms with Crippen molar-refractivity contribution in [2.24, 2.45) is 0 Å². The molecule has 2 aromatic carbocycles. The largest absolute Gasteiger partial charge is 0.366 e. The van der Waals surface area contributed by atoms with Gasteiger partial charge in [0.25, 0.3) is 0 Å². The number of fused-ring (bicyclic) bond motifs is 3. The fourth-order valence-corrected chi connectivity index (χ4v) is 3.18. The average Bonchev–Trinajstić information content (AvgIpc) is 3.07. The van der Waals surface area contributed by atoms with E-state index in [0.29, 0.717) is 13.0 Å².